The molecule has 3 atom stereocenters. The van der Waals surface area contributed by atoms with Gasteiger partial charge in [0.1, 0.15) is 63.0 Å². The zero-order valence-corrected chi connectivity index (χ0v) is 39.4. The minimum Gasteiger partial charge on any atom is -0.508 e. The number of esters is 1. The number of carboxylic acid groups (broad SMARTS) is 1. The van der Waals surface area contributed by atoms with E-state index in [4.69, 9.17) is 20.1 Å². The Morgan fingerprint density at radius 1 is 0.676 bits per heavy atom. The lowest BCUT2D eigenvalue weighted by Crippen LogP contribution is -2.16. The third-order valence-corrected chi connectivity index (χ3v) is 10.5. The highest BCUT2D eigenvalue weighted by Crippen LogP contribution is 2.31. The van der Waals surface area contributed by atoms with Gasteiger partial charge in [-0.05, 0) is 139 Å². The summed E-state index contributed by atoms with van der Waals surface area (Å²) in [7, 11) is 0. The molecule has 0 amide bonds. The van der Waals surface area contributed by atoms with Gasteiger partial charge in [0, 0.05) is 56.7 Å². The number of ether oxygens (including phenoxy) is 1. The zero-order valence-electron chi connectivity index (χ0n) is 39.4. The Hall–Kier alpha value is -6.45. The van der Waals surface area contributed by atoms with Crippen LogP contribution in [0.15, 0.2) is 60.7 Å². The molecule has 1 heterocycles. The molecule has 3 aromatic rings. The molecule has 68 heavy (non-hydrogen) atoms. The van der Waals surface area contributed by atoms with E-state index in [9.17, 15) is 54.6 Å². The summed E-state index contributed by atoms with van der Waals surface area (Å²) in [5.41, 5.74) is 1.14. The van der Waals surface area contributed by atoms with E-state index >= 15 is 0 Å². The van der Waals surface area contributed by atoms with Crippen molar-refractivity contribution in [2.75, 3.05) is 0 Å². The smallest absolute Gasteiger partial charge is 0.342 e. The Labute approximate surface area is 398 Å². The van der Waals surface area contributed by atoms with Crippen molar-refractivity contribution < 1.29 is 74.7 Å². The summed E-state index contributed by atoms with van der Waals surface area (Å²) >= 11 is 0. The number of aliphatic hydroxyl groups is 2. The molecule has 15 heteroatoms. The summed E-state index contributed by atoms with van der Waals surface area (Å²) in [6, 6.07) is 9.20. The Morgan fingerprint density at radius 3 is 1.76 bits per heavy atom. The van der Waals surface area contributed by atoms with Crippen molar-refractivity contribution in [1.29, 1.82) is 0 Å². The van der Waals surface area contributed by atoms with Gasteiger partial charge in [-0.2, -0.15) is 0 Å². The number of phenols is 6. The molecule has 4 rings (SSSR count). The van der Waals surface area contributed by atoms with E-state index in [-0.39, 0.29) is 81.1 Å². The number of carbonyl (C=O) groups is 5. The first-order valence-corrected chi connectivity index (χ1v) is 23.3. The molecule has 0 saturated heterocycles. The van der Waals surface area contributed by atoms with Gasteiger partial charge >= 0.3 is 11.9 Å². The van der Waals surface area contributed by atoms with Crippen molar-refractivity contribution in [3.8, 4) is 34.5 Å². The zero-order chi connectivity index (χ0) is 50.6. The molecule has 0 bridgehead atoms. The van der Waals surface area contributed by atoms with Crippen molar-refractivity contribution in [2.45, 2.75) is 155 Å². The molecule has 372 valence electrons. The van der Waals surface area contributed by atoms with Crippen LogP contribution < -0.4 is 0 Å². The lowest BCUT2D eigenvalue weighted by molar-refractivity contribution is -0.120. The maximum atomic E-state index is 12.3. The molecule has 15 nitrogen and oxygen atoms in total. The average Bonchev–Trinajstić information content (AvgIpc) is 3.22. The lowest BCUT2D eigenvalue weighted by Gasteiger charge is -2.15. The fraction of sp³-hybridized carbons (Fsp3) is 0.453. The van der Waals surface area contributed by atoms with Gasteiger partial charge < -0.3 is 50.7 Å². The number of allylic oxidation sites excluding steroid dienone is 3. The van der Waals surface area contributed by atoms with Crippen molar-refractivity contribution in [3.63, 3.8) is 0 Å². The van der Waals surface area contributed by atoms with Crippen molar-refractivity contribution in [1.82, 2.24) is 0 Å². The average molecular weight is 947 g/mol. The van der Waals surface area contributed by atoms with Gasteiger partial charge in [0.2, 0.25) is 0 Å². The van der Waals surface area contributed by atoms with Crippen LogP contribution in [0.1, 0.15) is 174 Å². The van der Waals surface area contributed by atoms with Gasteiger partial charge in [0.25, 0.3) is 0 Å². The lowest BCUT2D eigenvalue weighted by atomic mass is 10.0. The maximum absolute atomic E-state index is 12.3. The fourth-order valence-electron chi connectivity index (χ4n) is 7.04. The Morgan fingerprint density at radius 2 is 1.19 bits per heavy atom. The van der Waals surface area contributed by atoms with Gasteiger partial charge in [-0.1, -0.05) is 36.5 Å². The monoisotopic (exact) mass is 946 g/mol. The highest BCUT2D eigenvalue weighted by atomic mass is 16.5. The van der Waals surface area contributed by atoms with Crippen LogP contribution in [0, 0.1) is 0 Å². The summed E-state index contributed by atoms with van der Waals surface area (Å²) in [6.07, 6.45) is 20.6. The molecular formula is C53H70O15. The van der Waals surface area contributed by atoms with Crippen LogP contribution in [-0.2, 0) is 19.1 Å². The largest absolute Gasteiger partial charge is 0.508 e. The third kappa shape index (κ3) is 24.4. The predicted molar refractivity (Wildman–Crippen MR) is 260 cm³/mol. The molecule has 0 aromatic heterocycles. The Balaban J connectivity index is 0.000000351. The molecule has 1 aliphatic rings. The summed E-state index contributed by atoms with van der Waals surface area (Å²) in [5.74, 6) is -2.37. The number of aliphatic hydroxyl groups excluding tert-OH is 2. The molecule has 1 unspecified atom stereocenters. The number of unbranched alkanes of at least 4 members (excludes halogenated alkanes) is 2. The van der Waals surface area contributed by atoms with Crippen LogP contribution >= 0.6 is 0 Å². The minimum atomic E-state index is -1.28. The number of fused-ring (bicyclic) bond motifs is 1. The van der Waals surface area contributed by atoms with E-state index in [0.29, 0.717) is 95.5 Å². The molecule has 0 radical (unpaired) electrons. The minimum absolute atomic E-state index is 0.0305. The maximum Gasteiger partial charge on any atom is 0.342 e. The van der Waals surface area contributed by atoms with E-state index in [2.05, 4.69) is 0 Å². The van der Waals surface area contributed by atoms with E-state index in [1.54, 1.807) is 45.1 Å². The quantitative estimate of drug-likeness (QED) is 0.0399. The molecule has 1 aliphatic heterocycles. The SMILES string of the molecule is CC(O)CCCC(=O)CCC/C=C/c1cc(O)cc(O)c1.C[C@H](O)CCCC(=O)CCC/C=C/c1cc(O)cc(O)c1C(=O)O.C[C@H]1CCCC(=O)CCC/C=C/c2cc(O)cc(O)c2C(=O)O1. The van der Waals surface area contributed by atoms with E-state index < -0.39 is 17.7 Å². The number of rotatable bonds is 19. The molecule has 0 saturated carbocycles. The second-order valence-electron chi connectivity index (χ2n) is 17.0. The third-order valence-electron chi connectivity index (χ3n) is 10.5. The first-order chi connectivity index (χ1) is 32.2. The van der Waals surface area contributed by atoms with Gasteiger partial charge in [0.05, 0.1) is 18.3 Å². The number of Topliss-reactive ketones (excluding diaryl/α,β-unsaturated/α-hetero) is 3. The topological polar surface area (TPSA) is 277 Å². The van der Waals surface area contributed by atoms with Crippen molar-refractivity contribution in [2.24, 2.45) is 0 Å². The number of carbonyl (C=O) groups excluding carboxylic acids is 4. The number of hydrogen-bond donors (Lipinski definition) is 9. The highest BCUT2D eigenvalue weighted by molar-refractivity contribution is 5.97. The second-order valence-corrected chi connectivity index (χ2v) is 17.0. The first kappa shape index (κ1) is 57.7. The number of benzene rings is 3. The number of phenolic OH excluding ortho intramolecular Hbond substituents is 5. The van der Waals surface area contributed by atoms with Crippen LogP contribution in [-0.4, -0.2) is 93.6 Å². The van der Waals surface area contributed by atoms with E-state index in [0.717, 1.165) is 43.4 Å². The normalized spacial score (nSPS) is 15.7. The number of hydrogen-bond acceptors (Lipinski definition) is 14. The summed E-state index contributed by atoms with van der Waals surface area (Å²) in [4.78, 5) is 58.4. The second kappa shape index (κ2) is 31.5. The Bertz CT molecular complexity index is 2160. The summed E-state index contributed by atoms with van der Waals surface area (Å²) in [5, 5.41) is 84.7. The number of ketones is 3. The highest BCUT2D eigenvalue weighted by Gasteiger charge is 2.21. The number of aromatic carboxylic acids is 1. The predicted octanol–water partition coefficient (Wildman–Crippen LogP) is 10.1. The van der Waals surface area contributed by atoms with Crippen LogP contribution in [0.4, 0.5) is 0 Å². The molecule has 3 aromatic carbocycles. The van der Waals surface area contributed by atoms with Crippen LogP contribution in [0.2, 0.25) is 0 Å². The number of carboxylic acids is 1. The first-order valence-electron chi connectivity index (χ1n) is 23.3. The molecule has 0 spiro atoms. The molecular weight excluding hydrogens is 877 g/mol. The van der Waals surface area contributed by atoms with Gasteiger partial charge in [-0.15, -0.1) is 0 Å². The Kier molecular flexibility index (Phi) is 26.7. The number of aromatic hydroxyl groups is 6. The number of cyclic esters (lactones) is 1. The van der Waals surface area contributed by atoms with E-state index in [1.165, 1.54) is 24.3 Å². The molecule has 0 fully saturated rings. The fourth-order valence-corrected chi connectivity index (χ4v) is 7.04. The standard InChI is InChI=1S/C18H24O6.C18H22O5.C17H24O4/c1-12(19)6-5-9-14(20)8-4-2-3-7-13-10-15(21)11-16(22)17(13)18(23)24;1-12-6-5-9-14(19)8-4-2-3-7-13-10-15(20)11-16(21)17(13)18(22)23-12;1-13(18)6-5-9-15(19)8-4-2-3-7-14-10-16(20)12-17(21)11-14/h3,7,10-12,19,21-22H,2,4-6,8-9H2,1H3,(H,23,24);3,7,10-12,20-21H,2,4-6,8-9H2,1H3;3,7,10-13,18,20-21H,2,4-6,8-9H2,1H3/b3*7-3+/t2*12-;/m00./s1. The van der Waals surface area contributed by atoms with E-state index in [1.807, 2.05) is 18.2 Å². The van der Waals surface area contributed by atoms with Crippen LogP contribution in [0.25, 0.3) is 18.2 Å². The van der Waals surface area contributed by atoms with Crippen molar-refractivity contribution in [3.05, 3.63) is 88.5 Å². The van der Waals surface area contributed by atoms with Gasteiger partial charge in [-0.3, -0.25) is 14.4 Å². The van der Waals surface area contributed by atoms with Crippen LogP contribution in [0.5, 0.6) is 34.5 Å². The van der Waals surface area contributed by atoms with Crippen molar-refractivity contribution >= 4 is 47.5 Å². The summed E-state index contributed by atoms with van der Waals surface area (Å²) in [6.45, 7) is 5.19. The van der Waals surface area contributed by atoms with Gasteiger partial charge in [-0.25, -0.2) is 9.59 Å². The van der Waals surface area contributed by atoms with Crippen LogP contribution in [0.3, 0.4) is 0 Å². The summed E-state index contributed by atoms with van der Waals surface area (Å²) < 4.78 is 5.35. The molecule has 9 N–H and O–H groups in total. The van der Waals surface area contributed by atoms with Gasteiger partial charge in [0.15, 0.2) is 0 Å². The molecule has 0 aliphatic carbocycles.